The van der Waals surface area contributed by atoms with E-state index in [1.165, 1.54) is 12.3 Å². The fraction of sp³-hybridized carbons (Fsp3) is 0.600. The van der Waals surface area contributed by atoms with Gasteiger partial charge in [-0.15, -0.1) is 0 Å². The molecule has 0 unspecified atom stereocenters. The first kappa shape index (κ1) is 15.7. The molecule has 3 rings (SSSR count). The van der Waals surface area contributed by atoms with Crippen molar-refractivity contribution in [2.45, 2.75) is 38.6 Å². The number of aromatic nitrogens is 3. The van der Waals surface area contributed by atoms with Gasteiger partial charge in [0.2, 0.25) is 5.89 Å². The highest BCUT2D eigenvalue weighted by Crippen LogP contribution is 2.30. The summed E-state index contributed by atoms with van der Waals surface area (Å²) in [5.41, 5.74) is 0.227. The van der Waals surface area contributed by atoms with E-state index < -0.39 is 0 Å². The molecular formula is C15H20N4O4. The van der Waals surface area contributed by atoms with Gasteiger partial charge >= 0.3 is 0 Å². The van der Waals surface area contributed by atoms with Crippen LogP contribution < -0.4 is 5.32 Å². The first-order chi connectivity index (χ1) is 11.1. The van der Waals surface area contributed by atoms with Gasteiger partial charge in [0.05, 0.1) is 0 Å². The van der Waals surface area contributed by atoms with Crippen LogP contribution in [-0.2, 0) is 4.74 Å². The lowest BCUT2D eigenvalue weighted by Crippen LogP contribution is -2.36. The number of carbonyl (C=O) groups excluding carboxylic acids is 1. The molecule has 0 spiro atoms. The second-order valence-electron chi connectivity index (χ2n) is 5.93. The van der Waals surface area contributed by atoms with Crippen LogP contribution in [0.4, 0.5) is 0 Å². The van der Waals surface area contributed by atoms with Crippen molar-refractivity contribution in [3.63, 3.8) is 0 Å². The maximum Gasteiger partial charge on any atom is 0.274 e. The molecule has 2 aromatic heterocycles. The van der Waals surface area contributed by atoms with Gasteiger partial charge in [-0.1, -0.05) is 24.2 Å². The van der Waals surface area contributed by atoms with Gasteiger partial charge in [0, 0.05) is 25.2 Å². The Labute approximate surface area is 133 Å². The van der Waals surface area contributed by atoms with Crippen molar-refractivity contribution in [3.8, 4) is 0 Å². The third-order valence-corrected chi connectivity index (χ3v) is 3.93. The van der Waals surface area contributed by atoms with Crippen LogP contribution in [0.15, 0.2) is 21.4 Å². The predicted octanol–water partition coefficient (Wildman–Crippen LogP) is 2.08. The average molecular weight is 320 g/mol. The zero-order valence-electron chi connectivity index (χ0n) is 13.2. The molecule has 2 aromatic rings. The molecule has 1 aliphatic rings. The molecule has 3 heterocycles. The Morgan fingerprint density at radius 1 is 1.30 bits per heavy atom. The molecule has 8 nitrogen and oxygen atoms in total. The summed E-state index contributed by atoms with van der Waals surface area (Å²) in [6.45, 7) is 5.30. The van der Waals surface area contributed by atoms with Crippen molar-refractivity contribution in [3.05, 3.63) is 29.7 Å². The Morgan fingerprint density at radius 3 is 2.70 bits per heavy atom. The molecule has 23 heavy (non-hydrogen) atoms. The summed E-state index contributed by atoms with van der Waals surface area (Å²) in [6.07, 6.45) is 3.01. The lowest BCUT2D eigenvalue weighted by atomic mass is 9.91. The van der Waals surface area contributed by atoms with Crippen LogP contribution in [0.3, 0.4) is 0 Å². The van der Waals surface area contributed by atoms with E-state index in [-0.39, 0.29) is 29.5 Å². The van der Waals surface area contributed by atoms with Crippen LogP contribution in [0.5, 0.6) is 0 Å². The minimum absolute atomic E-state index is 0.161. The Hall–Kier alpha value is -2.22. The molecule has 0 radical (unpaired) electrons. The zero-order valence-corrected chi connectivity index (χ0v) is 13.2. The Balaban J connectivity index is 1.81. The SMILES string of the molecule is CC(C)c1noc([C@@H](NC(=O)c2ccon2)C2CCOCC2)n1. The van der Waals surface area contributed by atoms with Crippen LogP contribution in [0.25, 0.3) is 0 Å². The van der Waals surface area contributed by atoms with Crippen LogP contribution in [0, 0.1) is 5.92 Å². The average Bonchev–Trinajstić information content (AvgIpc) is 3.24. The highest BCUT2D eigenvalue weighted by molar-refractivity contribution is 5.92. The molecule has 0 aliphatic carbocycles. The summed E-state index contributed by atoms with van der Waals surface area (Å²) in [5, 5.41) is 10.6. The minimum Gasteiger partial charge on any atom is -0.381 e. The van der Waals surface area contributed by atoms with Gasteiger partial charge < -0.3 is 19.1 Å². The Kier molecular flexibility index (Phi) is 4.71. The van der Waals surface area contributed by atoms with Crippen molar-refractivity contribution in [1.82, 2.24) is 20.6 Å². The summed E-state index contributed by atoms with van der Waals surface area (Å²) in [5.74, 6) is 1.08. The third-order valence-electron chi connectivity index (χ3n) is 3.93. The maximum absolute atomic E-state index is 12.3. The van der Waals surface area contributed by atoms with Crippen LogP contribution in [0.1, 0.15) is 60.9 Å². The number of rotatable bonds is 5. The first-order valence-electron chi connectivity index (χ1n) is 7.77. The number of hydrogen-bond acceptors (Lipinski definition) is 7. The summed E-state index contributed by atoms with van der Waals surface area (Å²) in [7, 11) is 0. The van der Waals surface area contributed by atoms with E-state index in [2.05, 4.69) is 20.6 Å². The molecule has 1 amide bonds. The predicted molar refractivity (Wildman–Crippen MR) is 78.6 cm³/mol. The number of nitrogens with zero attached hydrogens (tertiary/aromatic N) is 3. The van der Waals surface area contributed by atoms with E-state index in [0.29, 0.717) is 24.9 Å². The summed E-state index contributed by atoms with van der Waals surface area (Å²) >= 11 is 0. The van der Waals surface area contributed by atoms with E-state index >= 15 is 0 Å². The quantitative estimate of drug-likeness (QED) is 0.899. The number of ether oxygens (including phenoxy) is 1. The molecule has 0 saturated carbocycles. The summed E-state index contributed by atoms with van der Waals surface area (Å²) in [6, 6.07) is 1.16. The van der Waals surface area contributed by atoms with Gasteiger partial charge in [0.15, 0.2) is 11.5 Å². The monoisotopic (exact) mass is 320 g/mol. The molecule has 124 valence electrons. The highest BCUT2D eigenvalue weighted by Gasteiger charge is 2.32. The van der Waals surface area contributed by atoms with E-state index in [0.717, 1.165) is 12.8 Å². The zero-order chi connectivity index (χ0) is 16.2. The van der Waals surface area contributed by atoms with Gasteiger partial charge in [-0.05, 0) is 18.8 Å². The molecule has 1 fully saturated rings. The fourth-order valence-corrected chi connectivity index (χ4v) is 2.58. The van der Waals surface area contributed by atoms with Gasteiger partial charge in [-0.25, -0.2) is 0 Å². The van der Waals surface area contributed by atoms with Gasteiger partial charge in [0.25, 0.3) is 5.91 Å². The lowest BCUT2D eigenvalue weighted by molar-refractivity contribution is 0.0466. The molecule has 1 aliphatic heterocycles. The highest BCUT2D eigenvalue weighted by atomic mass is 16.5. The third kappa shape index (κ3) is 3.58. The second kappa shape index (κ2) is 6.91. The Morgan fingerprint density at radius 2 is 2.09 bits per heavy atom. The smallest absolute Gasteiger partial charge is 0.274 e. The topological polar surface area (TPSA) is 103 Å². The molecular weight excluding hydrogens is 300 g/mol. The van der Waals surface area contributed by atoms with Crippen molar-refractivity contribution < 1.29 is 18.6 Å². The van der Waals surface area contributed by atoms with Crippen molar-refractivity contribution in [2.24, 2.45) is 5.92 Å². The number of carbonyl (C=O) groups is 1. The first-order valence-corrected chi connectivity index (χ1v) is 7.77. The van der Waals surface area contributed by atoms with Gasteiger partial charge in [0.1, 0.15) is 12.3 Å². The van der Waals surface area contributed by atoms with Crippen LogP contribution >= 0.6 is 0 Å². The number of hydrogen-bond donors (Lipinski definition) is 1. The molecule has 1 saturated heterocycles. The minimum atomic E-state index is -0.358. The van der Waals surface area contributed by atoms with Crippen molar-refractivity contribution >= 4 is 5.91 Å². The van der Waals surface area contributed by atoms with Gasteiger partial charge in [-0.3, -0.25) is 4.79 Å². The van der Waals surface area contributed by atoms with E-state index in [1.54, 1.807) is 0 Å². The lowest BCUT2D eigenvalue weighted by Gasteiger charge is -2.28. The van der Waals surface area contributed by atoms with Crippen LogP contribution in [-0.4, -0.2) is 34.4 Å². The largest absolute Gasteiger partial charge is 0.381 e. The fourth-order valence-electron chi connectivity index (χ4n) is 2.58. The molecule has 0 aromatic carbocycles. The molecule has 0 bridgehead atoms. The van der Waals surface area contributed by atoms with E-state index in [4.69, 9.17) is 13.8 Å². The van der Waals surface area contributed by atoms with E-state index in [1.807, 2.05) is 13.8 Å². The maximum atomic E-state index is 12.3. The van der Waals surface area contributed by atoms with Crippen molar-refractivity contribution in [2.75, 3.05) is 13.2 Å². The second-order valence-corrected chi connectivity index (χ2v) is 5.93. The summed E-state index contributed by atoms with van der Waals surface area (Å²) < 4.78 is 15.5. The van der Waals surface area contributed by atoms with Crippen molar-refractivity contribution in [1.29, 1.82) is 0 Å². The van der Waals surface area contributed by atoms with Crippen LogP contribution in [0.2, 0.25) is 0 Å². The normalized spacial score (nSPS) is 17.3. The molecule has 1 N–H and O–H groups in total. The van der Waals surface area contributed by atoms with E-state index in [9.17, 15) is 4.79 Å². The Bertz CT molecular complexity index is 632. The molecule has 1 atom stereocenters. The number of amides is 1. The standard InChI is InChI=1S/C15H20N4O4/c1-9(2)13-17-15(23-19-13)12(10-3-6-21-7-4-10)16-14(20)11-5-8-22-18-11/h5,8-10,12H,3-4,6-7H2,1-2H3,(H,16,20)/t12-/m0/s1. The molecule has 8 heteroatoms. The van der Waals surface area contributed by atoms with Gasteiger partial charge in [-0.2, -0.15) is 4.98 Å². The summed E-state index contributed by atoms with van der Waals surface area (Å²) in [4.78, 5) is 16.8. The number of nitrogens with one attached hydrogen (secondary N) is 1.